The maximum atomic E-state index is 13.4. The van der Waals surface area contributed by atoms with E-state index in [0.717, 1.165) is 31.3 Å². The van der Waals surface area contributed by atoms with E-state index in [1.165, 1.54) is 7.11 Å². The van der Waals surface area contributed by atoms with E-state index < -0.39 is 0 Å². The highest BCUT2D eigenvalue weighted by atomic mass is 16.7. The van der Waals surface area contributed by atoms with Crippen molar-refractivity contribution in [2.24, 2.45) is 34.5 Å². The van der Waals surface area contributed by atoms with E-state index in [9.17, 15) is 14.4 Å². The Morgan fingerprint density at radius 3 is 2.75 bits per heavy atom. The average Bonchev–Trinajstić information content (AvgIpc) is 2.98. The molecule has 0 aliphatic heterocycles. The summed E-state index contributed by atoms with van der Waals surface area (Å²) < 4.78 is 10.2. The number of carbonyl (C=O) groups excluding carboxylic acids is 3. The van der Waals surface area contributed by atoms with Gasteiger partial charge in [0.05, 0.1) is 0 Å². The smallest absolute Gasteiger partial charge is 0.178 e. The molecule has 3 saturated carbocycles. The third-order valence-electron chi connectivity index (χ3n) is 8.09. The van der Waals surface area contributed by atoms with Gasteiger partial charge in [-0.15, -0.1) is 0 Å². The molecular formula is C23H30O5. The van der Waals surface area contributed by atoms with Crippen molar-refractivity contribution in [2.45, 2.75) is 46.0 Å². The van der Waals surface area contributed by atoms with Crippen molar-refractivity contribution in [1.29, 1.82) is 0 Å². The topological polar surface area (TPSA) is 69.7 Å². The zero-order chi connectivity index (χ0) is 20.1. The summed E-state index contributed by atoms with van der Waals surface area (Å²) in [6.07, 6.45) is 9.41. The lowest BCUT2D eigenvalue weighted by Crippen LogP contribution is -2.54. The summed E-state index contributed by atoms with van der Waals surface area (Å²) in [5, 5.41) is 0. The first-order valence-electron chi connectivity index (χ1n) is 10.4. The van der Waals surface area contributed by atoms with Crippen LogP contribution in [0.1, 0.15) is 46.0 Å². The molecule has 0 saturated heterocycles. The number of ether oxygens (including phenoxy) is 2. The summed E-state index contributed by atoms with van der Waals surface area (Å²) in [5.41, 5.74) is 0.480. The summed E-state index contributed by atoms with van der Waals surface area (Å²) in [7, 11) is 1.54. The summed E-state index contributed by atoms with van der Waals surface area (Å²) in [4.78, 5) is 38.1. The molecule has 0 aromatic rings. The predicted molar refractivity (Wildman–Crippen MR) is 103 cm³/mol. The molecule has 5 nitrogen and oxygen atoms in total. The largest absolute Gasteiger partial charge is 0.359 e. The number of rotatable bonds is 5. The van der Waals surface area contributed by atoms with Crippen LogP contribution in [-0.4, -0.2) is 37.9 Å². The number of allylic oxidation sites excluding steroid dienone is 4. The molecule has 0 radical (unpaired) electrons. The lowest BCUT2D eigenvalue weighted by molar-refractivity contribution is -0.148. The fraction of sp³-hybridized carbons (Fsp3) is 0.696. The second-order valence-electron chi connectivity index (χ2n) is 9.47. The second kappa shape index (κ2) is 7.03. The number of methoxy groups -OCH3 is 1. The van der Waals surface area contributed by atoms with Gasteiger partial charge in [0.15, 0.2) is 11.6 Å². The van der Waals surface area contributed by atoms with Gasteiger partial charge < -0.3 is 9.47 Å². The number of Topliss-reactive ketones (excluding diaryl/α,β-unsaturated/α-hetero) is 2. The van der Waals surface area contributed by atoms with E-state index in [4.69, 9.17) is 9.47 Å². The van der Waals surface area contributed by atoms with Crippen LogP contribution in [0.3, 0.4) is 0 Å². The van der Waals surface area contributed by atoms with Crippen molar-refractivity contribution in [3.63, 3.8) is 0 Å². The number of hydrogen-bond donors (Lipinski definition) is 0. The van der Waals surface area contributed by atoms with Gasteiger partial charge in [0.2, 0.25) is 0 Å². The Morgan fingerprint density at radius 1 is 1.21 bits per heavy atom. The van der Waals surface area contributed by atoms with Crippen LogP contribution in [-0.2, 0) is 23.9 Å². The first-order valence-corrected chi connectivity index (χ1v) is 10.4. The monoisotopic (exact) mass is 386 g/mol. The van der Waals surface area contributed by atoms with Crippen molar-refractivity contribution in [1.82, 2.24) is 0 Å². The molecule has 0 unspecified atom stereocenters. The van der Waals surface area contributed by atoms with Crippen molar-refractivity contribution in [3.8, 4) is 0 Å². The summed E-state index contributed by atoms with van der Waals surface area (Å²) >= 11 is 0. The van der Waals surface area contributed by atoms with Gasteiger partial charge in [-0.1, -0.05) is 25.5 Å². The van der Waals surface area contributed by atoms with Gasteiger partial charge in [-0.2, -0.15) is 0 Å². The normalized spacial score (nSPS) is 41.9. The number of ketones is 3. The highest BCUT2D eigenvalue weighted by Crippen LogP contribution is 2.64. The van der Waals surface area contributed by atoms with Gasteiger partial charge in [-0.05, 0) is 55.1 Å². The van der Waals surface area contributed by atoms with Crippen LogP contribution in [0, 0.1) is 34.5 Å². The maximum Gasteiger partial charge on any atom is 0.178 e. The zero-order valence-electron chi connectivity index (χ0n) is 17.0. The molecule has 0 N–H and O–H groups in total. The molecule has 152 valence electrons. The Labute approximate surface area is 166 Å². The van der Waals surface area contributed by atoms with Crippen molar-refractivity contribution < 1.29 is 23.9 Å². The van der Waals surface area contributed by atoms with E-state index in [1.807, 2.05) is 6.08 Å². The third kappa shape index (κ3) is 2.86. The molecule has 28 heavy (non-hydrogen) atoms. The molecule has 0 aromatic carbocycles. The zero-order valence-corrected chi connectivity index (χ0v) is 17.0. The van der Waals surface area contributed by atoms with E-state index in [-0.39, 0.29) is 59.3 Å². The summed E-state index contributed by atoms with van der Waals surface area (Å²) in [6, 6.07) is 0. The Hall–Kier alpha value is -1.59. The number of carbonyl (C=O) groups is 3. The predicted octanol–water partition coefficient (Wildman–Crippen LogP) is 3.28. The molecule has 0 amide bonds. The minimum atomic E-state index is -0.348. The first-order chi connectivity index (χ1) is 13.3. The van der Waals surface area contributed by atoms with Crippen molar-refractivity contribution >= 4 is 17.3 Å². The molecule has 0 spiro atoms. The maximum absolute atomic E-state index is 13.4. The first kappa shape index (κ1) is 19.7. The van der Waals surface area contributed by atoms with Gasteiger partial charge in [-0.25, -0.2) is 0 Å². The lowest BCUT2D eigenvalue weighted by Gasteiger charge is -2.55. The standard InChI is InChI=1S/C23H30O5/c1-22-9-8-15(24)10-14(22)4-5-16-17-6-7-18(20(26)12-28-13-27-3)23(17,2)11-19(25)21(16)22/h8-10,16-18,21H,4-7,11-13H2,1-3H3/t16-,17-,18+,21+,22-,23-/m0/s1. The minimum Gasteiger partial charge on any atom is -0.359 e. The van der Waals surface area contributed by atoms with E-state index >= 15 is 0 Å². The Bertz CT molecular complexity index is 765. The SMILES string of the molecule is COCOCC(=O)[C@H]1CC[C@H]2[C@@H]3CCC4=CC(=O)C=C[C@]4(C)[C@H]3C(=O)C[C@]12C. The minimum absolute atomic E-state index is 0.0293. The summed E-state index contributed by atoms with van der Waals surface area (Å²) in [5.74, 6) is 0.843. The van der Waals surface area contributed by atoms with Gasteiger partial charge in [0, 0.05) is 30.8 Å². The van der Waals surface area contributed by atoms with Crippen LogP contribution in [0.2, 0.25) is 0 Å². The van der Waals surface area contributed by atoms with Crippen LogP contribution in [0.15, 0.2) is 23.8 Å². The van der Waals surface area contributed by atoms with E-state index in [1.54, 1.807) is 12.2 Å². The molecule has 0 heterocycles. The van der Waals surface area contributed by atoms with E-state index in [0.29, 0.717) is 12.3 Å². The Balaban J connectivity index is 1.60. The quantitative estimate of drug-likeness (QED) is 0.536. The van der Waals surface area contributed by atoms with Crippen molar-refractivity contribution in [3.05, 3.63) is 23.8 Å². The molecule has 0 aromatic heterocycles. The van der Waals surface area contributed by atoms with E-state index in [2.05, 4.69) is 13.8 Å². The second-order valence-corrected chi connectivity index (χ2v) is 9.47. The lowest BCUT2D eigenvalue weighted by atomic mass is 9.47. The molecule has 0 bridgehead atoms. The molecular weight excluding hydrogens is 356 g/mol. The molecule has 3 fully saturated rings. The van der Waals surface area contributed by atoms with Gasteiger partial charge in [0.1, 0.15) is 19.2 Å². The molecule has 6 atom stereocenters. The van der Waals surface area contributed by atoms with Gasteiger partial charge >= 0.3 is 0 Å². The molecule has 4 aliphatic carbocycles. The fourth-order valence-corrected chi connectivity index (χ4v) is 6.88. The Morgan fingerprint density at radius 2 is 2.00 bits per heavy atom. The van der Waals surface area contributed by atoms with Gasteiger partial charge in [-0.3, -0.25) is 14.4 Å². The van der Waals surface area contributed by atoms with Crippen LogP contribution in [0.5, 0.6) is 0 Å². The average molecular weight is 386 g/mol. The van der Waals surface area contributed by atoms with Crippen LogP contribution in [0.25, 0.3) is 0 Å². The molecule has 5 heteroatoms. The number of fused-ring (bicyclic) bond motifs is 5. The Kier molecular flexibility index (Phi) is 4.95. The number of hydrogen-bond acceptors (Lipinski definition) is 5. The van der Waals surface area contributed by atoms with Gasteiger partial charge in [0.25, 0.3) is 0 Å². The molecule has 4 aliphatic rings. The van der Waals surface area contributed by atoms with Crippen molar-refractivity contribution in [2.75, 3.05) is 20.5 Å². The third-order valence-corrected chi connectivity index (χ3v) is 8.09. The molecule has 4 rings (SSSR count). The summed E-state index contributed by atoms with van der Waals surface area (Å²) in [6.45, 7) is 4.43. The van der Waals surface area contributed by atoms with Crippen LogP contribution >= 0.6 is 0 Å². The van der Waals surface area contributed by atoms with Crippen LogP contribution < -0.4 is 0 Å². The van der Waals surface area contributed by atoms with Crippen LogP contribution in [0.4, 0.5) is 0 Å². The fourth-order valence-electron chi connectivity index (χ4n) is 6.88. The highest BCUT2D eigenvalue weighted by Gasteiger charge is 2.62. The highest BCUT2D eigenvalue weighted by molar-refractivity contribution is 6.01.